The molecule has 0 aromatic rings. The zero-order chi connectivity index (χ0) is 9.30. The van der Waals surface area contributed by atoms with Crippen LogP contribution in [-0.4, -0.2) is 62.8 Å². The zero-order valence-electron chi connectivity index (χ0n) is 6.24. The monoisotopic (exact) mass is 180 g/mol. The van der Waals surface area contributed by atoms with Gasteiger partial charge in [-0.3, -0.25) is 0 Å². The Labute approximate surface area is 68.6 Å². The summed E-state index contributed by atoms with van der Waals surface area (Å²) < 4.78 is 4.58. The van der Waals surface area contributed by atoms with Crippen molar-refractivity contribution in [3.63, 3.8) is 0 Å². The average molecular weight is 180 g/mol. The van der Waals surface area contributed by atoms with E-state index in [4.69, 9.17) is 25.5 Å². The Bertz CT molecular complexity index is 146. The number of hydrogen-bond acceptors (Lipinski definition) is 6. The van der Waals surface area contributed by atoms with Gasteiger partial charge in [0.05, 0.1) is 6.61 Å². The van der Waals surface area contributed by atoms with Crippen molar-refractivity contribution in [1.29, 1.82) is 0 Å². The molecule has 0 amide bonds. The summed E-state index contributed by atoms with van der Waals surface area (Å²) in [6.45, 7) is -0.526. The molecule has 5 N–H and O–H groups in total. The first-order valence-electron chi connectivity index (χ1n) is 3.56. The summed E-state index contributed by atoms with van der Waals surface area (Å²) in [7, 11) is 0. The van der Waals surface area contributed by atoms with Crippen LogP contribution in [0.3, 0.4) is 0 Å². The van der Waals surface area contributed by atoms with E-state index in [1.165, 1.54) is 0 Å². The van der Waals surface area contributed by atoms with Crippen LogP contribution >= 0.6 is 0 Å². The zero-order valence-corrected chi connectivity index (χ0v) is 6.24. The van der Waals surface area contributed by atoms with Crippen LogP contribution in [0.2, 0.25) is 0 Å². The molecule has 0 radical (unpaired) electrons. The predicted molar refractivity (Wildman–Crippen MR) is 36.0 cm³/mol. The highest BCUT2D eigenvalue weighted by Crippen LogP contribution is 2.18. The normalized spacial score (nSPS) is 49.2. The van der Waals surface area contributed by atoms with Gasteiger partial charge in [-0.25, -0.2) is 0 Å². The Morgan fingerprint density at radius 3 is 2.00 bits per heavy atom. The van der Waals surface area contributed by atoms with E-state index in [2.05, 4.69) is 4.74 Å². The Balaban J connectivity index is 2.63. The lowest BCUT2D eigenvalue weighted by atomic mass is 10.00. The number of hydrogen-bond donors (Lipinski definition) is 5. The Hall–Kier alpha value is -0.240. The van der Waals surface area contributed by atoms with Gasteiger partial charge in [-0.05, 0) is 0 Å². The van der Waals surface area contributed by atoms with E-state index < -0.39 is 37.3 Å². The fourth-order valence-electron chi connectivity index (χ4n) is 1.08. The van der Waals surface area contributed by atoms with Crippen molar-refractivity contribution in [1.82, 2.24) is 0 Å². The van der Waals surface area contributed by atoms with Gasteiger partial charge in [0.25, 0.3) is 0 Å². The van der Waals surface area contributed by atoms with Gasteiger partial charge in [0, 0.05) is 0 Å². The Kier molecular flexibility index (Phi) is 2.99. The smallest absolute Gasteiger partial charge is 0.184 e. The standard InChI is InChI=1S/C6H12O6/c7-1-2-3(8)4(9)5(10)6(11)12-2/h2-11H,1H2/t2-,3+,4-,5?,6?/m1/s1. The minimum absolute atomic E-state index is 0.526. The molecule has 0 saturated carbocycles. The lowest BCUT2D eigenvalue weighted by molar-refractivity contribution is -0.286. The van der Waals surface area contributed by atoms with Crippen LogP contribution < -0.4 is 0 Å². The SMILES string of the molecule is OC[C@H]1OC(O)C(O)[C@H](O)[C@H]1O. The first-order chi connectivity index (χ1) is 5.57. The molecular weight excluding hydrogens is 168 g/mol. The minimum atomic E-state index is -1.57. The number of aliphatic hydroxyl groups excluding tert-OH is 5. The van der Waals surface area contributed by atoms with E-state index in [1.807, 2.05) is 0 Å². The summed E-state index contributed by atoms with van der Waals surface area (Å²) in [5.41, 5.74) is 0. The fraction of sp³-hybridized carbons (Fsp3) is 1.00. The first kappa shape index (κ1) is 9.85. The molecule has 1 heterocycles. The van der Waals surface area contributed by atoms with Gasteiger partial charge >= 0.3 is 0 Å². The van der Waals surface area contributed by atoms with Gasteiger partial charge in [-0.15, -0.1) is 0 Å². The van der Waals surface area contributed by atoms with Crippen molar-refractivity contribution in [3.8, 4) is 0 Å². The highest BCUT2D eigenvalue weighted by Gasteiger charge is 2.42. The van der Waals surface area contributed by atoms with Crippen molar-refractivity contribution in [2.45, 2.75) is 30.7 Å². The number of ether oxygens (including phenoxy) is 1. The molecule has 1 fully saturated rings. The number of aliphatic hydroxyl groups is 5. The summed E-state index contributed by atoms with van der Waals surface area (Å²) in [6, 6.07) is 0. The van der Waals surface area contributed by atoms with Gasteiger partial charge in [-0.1, -0.05) is 0 Å². The van der Waals surface area contributed by atoms with Crippen LogP contribution in [0.5, 0.6) is 0 Å². The van der Waals surface area contributed by atoms with Crippen LogP contribution in [0.1, 0.15) is 0 Å². The van der Waals surface area contributed by atoms with Crippen LogP contribution in [0.4, 0.5) is 0 Å². The molecule has 0 bridgehead atoms. The van der Waals surface area contributed by atoms with Gasteiger partial charge < -0.3 is 30.3 Å². The summed E-state index contributed by atoms with van der Waals surface area (Å²) in [5.74, 6) is 0. The van der Waals surface area contributed by atoms with Crippen molar-refractivity contribution in [2.75, 3.05) is 6.61 Å². The topological polar surface area (TPSA) is 110 Å². The quantitative estimate of drug-likeness (QED) is 0.290. The van der Waals surface area contributed by atoms with Crippen molar-refractivity contribution >= 4 is 0 Å². The summed E-state index contributed by atoms with van der Waals surface area (Å²) in [5, 5.41) is 44.7. The third kappa shape index (κ3) is 1.58. The molecule has 12 heavy (non-hydrogen) atoms. The van der Waals surface area contributed by atoms with E-state index in [0.717, 1.165) is 0 Å². The molecule has 1 aliphatic heterocycles. The highest BCUT2D eigenvalue weighted by atomic mass is 16.6. The lowest BCUT2D eigenvalue weighted by Crippen LogP contribution is -2.58. The molecule has 0 aromatic carbocycles. The fourth-order valence-corrected chi connectivity index (χ4v) is 1.08. The molecule has 1 rings (SSSR count). The Morgan fingerprint density at radius 1 is 0.917 bits per heavy atom. The number of rotatable bonds is 1. The maximum Gasteiger partial charge on any atom is 0.184 e. The molecule has 0 aliphatic carbocycles. The Morgan fingerprint density at radius 2 is 1.50 bits per heavy atom. The van der Waals surface area contributed by atoms with E-state index in [-0.39, 0.29) is 0 Å². The van der Waals surface area contributed by atoms with Crippen molar-refractivity contribution < 1.29 is 30.3 Å². The van der Waals surface area contributed by atoms with Crippen molar-refractivity contribution in [3.05, 3.63) is 0 Å². The maximum atomic E-state index is 9.12. The van der Waals surface area contributed by atoms with Crippen LogP contribution in [0.15, 0.2) is 0 Å². The van der Waals surface area contributed by atoms with Gasteiger partial charge in [0.1, 0.15) is 24.4 Å². The van der Waals surface area contributed by atoms with Crippen LogP contribution in [0, 0.1) is 0 Å². The van der Waals surface area contributed by atoms with E-state index in [1.54, 1.807) is 0 Å². The molecule has 6 nitrogen and oxygen atoms in total. The molecule has 2 unspecified atom stereocenters. The highest BCUT2D eigenvalue weighted by molar-refractivity contribution is 4.87. The van der Waals surface area contributed by atoms with Crippen LogP contribution in [0.25, 0.3) is 0 Å². The van der Waals surface area contributed by atoms with Crippen LogP contribution in [-0.2, 0) is 4.74 Å². The lowest BCUT2D eigenvalue weighted by Gasteiger charge is -2.37. The molecule has 5 atom stereocenters. The van der Waals surface area contributed by atoms with Gasteiger partial charge in [0.2, 0.25) is 0 Å². The molecular formula is C6H12O6. The van der Waals surface area contributed by atoms with Gasteiger partial charge in [0.15, 0.2) is 6.29 Å². The molecule has 0 spiro atoms. The second kappa shape index (κ2) is 3.65. The summed E-state index contributed by atoms with van der Waals surface area (Å²) in [6.07, 6.45) is -7.04. The summed E-state index contributed by atoms with van der Waals surface area (Å²) >= 11 is 0. The molecule has 1 aliphatic rings. The summed E-state index contributed by atoms with van der Waals surface area (Å²) in [4.78, 5) is 0. The minimum Gasteiger partial charge on any atom is -0.394 e. The van der Waals surface area contributed by atoms with Gasteiger partial charge in [-0.2, -0.15) is 0 Å². The molecule has 72 valence electrons. The third-order valence-electron chi connectivity index (χ3n) is 1.87. The maximum absolute atomic E-state index is 9.12. The largest absolute Gasteiger partial charge is 0.394 e. The predicted octanol–water partition coefficient (Wildman–Crippen LogP) is -3.22. The first-order valence-corrected chi connectivity index (χ1v) is 3.56. The van der Waals surface area contributed by atoms with E-state index in [9.17, 15) is 0 Å². The second-order valence-electron chi connectivity index (χ2n) is 2.72. The van der Waals surface area contributed by atoms with Crippen molar-refractivity contribution in [2.24, 2.45) is 0 Å². The molecule has 6 heteroatoms. The third-order valence-corrected chi connectivity index (χ3v) is 1.87. The van der Waals surface area contributed by atoms with E-state index >= 15 is 0 Å². The second-order valence-corrected chi connectivity index (χ2v) is 2.72. The van der Waals surface area contributed by atoms with E-state index in [0.29, 0.717) is 0 Å². The molecule has 0 aromatic heterocycles. The molecule has 1 saturated heterocycles. The average Bonchev–Trinajstić information content (AvgIpc) is 2.08.